The number of hydrogen-bond acceptors (Lipinski definition) is 7. The highest BCUT2D eigenvalue weighted by Gasteiger charge is 2.49. The molecule has 2 fully saturated rings. The number of fused-ring (bicyclic) bond motifs is 5. The summed E-state index contributed by atoms with van der Waals surface area (Å²) in [5.74, 6) is 0.0167. The first-order valence-electron chi connectivity index (χ1n) is 11.8. The largest absolute Gasteiger partial charge is 0.502 e. The van der Waals surface area contributed by atoms with Crippen molar-refractivity contribution in [1.82, 2.24) is 14.5 Å². The van der Waals surface area contributed by atoms with Crippen LogP contribution in [0.5, 0.6) is 5.75 Å². The first-order chi connectivity index (χ1) is 17.1. The van der Waals surface area contributed by atoms with Crippen molar-refractivity contribution in [3.05, 3.63) is 93.4 Å². The molecule has 7 rings (SSSR count). The molecule has 4 aliphatic heterocycles. The second-order valence-corrected chi connectivity index (χ2v) is 10.4. The minimum Gasteiger partial charge on any atom is -0.502 e. The van der Waals surface area contributed by atoms with E-state index in [1.807, 2.05) is 23.1 Å². The van der Waals surface area contributed by atoms with Gasteiger partial charge in [-0.25, -0.2) is 0 Å². The number of ether oxygens (including phenoxy) is 1. The van der Waals surface area contributed by atoms with Crippen LogP contribution < -0.4 is 10.4 Å². The van der Waals surface area contributed by atoms with Crippen LogP contribution in [0.3, 0.4) is 0 Å². The summed E-state index contributed by atoms with van der Waals surface area (Å²) < 4.78 is 7.44. The average Bonchev–Trinajstić information content (AvgIpc) is 3.27. The van der Waals surface area contributed by atoms with E-state index in [2.05, 4.69) is 40.2 Å². The van der Waals surface area contributed by atoms with Crippen molar-refractivity contribution in [1.29, 1.82) is 0 Å². The summed E-state index contributed by atoms with van der Waals surface area (Å²) in [7, 11) is 0. The van der Waals surface area contributed by atoms with E-state index >= 15 is 0 Å². The maximum absolute atomic E-state index is 13.7. The number of pyridine rings is 1. The summed E-state index contributed by atoms with van der Waals surface area (Å²) in [5, 5.41) is 13.0. The monoisotopic (exact) mass is 488 g/mol. The van der Waals surface area contributed by atoms with Crippen LogP contribution in [0, 0.1) is 0 Å². The van der Waals surface area contributed by atoms with E-state index in [0.717, 1.165) is 16.9 Å². The van der Waals surface area contributed by atoms with Gasteiger partial charge in [-0.15, -0.1) is 11.8 Å². The molecule has 0 radical (unpaired) electrons. The van der Waals surface area contributed by atoms with Crippen molar-refractivity contribution >= 4 is 17.7 Å². The van der Waals surface area contributed by atoms with Gasteiger partial charge >= 0.3 is 0 Å². The fourth-order valence-electron chi connectivity index (χ4n) is 5.85. The van der Waals surface area contributed by atoms with Crippen molar-refractivity contribution in [3.8, 4) is 5.75 Å². The number of piperazine rings is 1. The Kier molecular flexibility index (Phi) is 4.74. The van der Waals surface area contributed by atoms with Gasteiger partial charge in [0.15, 0.2) is 11.4 Å². The smallest absolute Gasteiger partial charge is 0.278 e. The zero-order valence-corrected chi connectivity index (χ0v) is 19.7. The normalized spacial score (nSPS) is 25.3. The van der Waals surface area contributed by atoms with E-state index in [1.165, 1.54) is 16.5 Å². The molecule has 1 N–H and O–H groups in total. The predicted octanol–water partition coefficient (Wildman–Crippen LogP) is 2.34. The number of benzene rings is 2. The Bertz CT molecular complexity index is 1360. The zero-order valence-electron chi connectivity index (χ0n) is 18.9. The number of amides is 1. The highest BCUT2D eigenvalue weighted by molar-refractivity contribution is 7.98. The summed E-state index contributed by atoms with van der Waals surface area (Å²) in [5.41, 5.74) is 2.99. The van der Waals surface area contributed by atoms with Crippen LogP contribution in [0.4, 0.5) is 0 Å². The number of aromatic hydroxyl groups is 1. The van der Waals surface area contributed by atoms with Gasteiger partial charge in [0.2, 0.25) is 5.43 Å². The van der Waals surface area contributed by atoms with E-state index in [-0.39, 0.29) is 29.9 Å². The Labute approximate surface area is 206 Å². The van der Waals surface area contributed by atoms with Crippen LogP contribution in [-0.4, -0.2) is 64.1 Å². The molecular weight excluding hydrogens is 464 g/mol. The van der Waals surface area contributed by atoms with Gasteiger partial charge in [0.1, 0.15) is 6.17 Å². The lowest BCUT2D eigenvalue weighted by Gasteiger charge is -2.54. The van der Waals surface area contributed by atoms with Crippen molar-refractivity contribution in [2.24, 2.45) is 0 Å². The Balaban J connectivity index is 1.50. The molecule has 0 aliphatic carbocycles. The lowest BCUT2D eigenvalue weighted by Crippen LogP contribution is -2.70. The first-order valence-corrected chi connectivity index (χ1v) is 12.8. The highest BCUT2D eigenvalue weighted by atomic mass is 32.2. The summed E-state index contributed by atoms with van der Waals surface area (Å²) in [6.07, 6.45) is 1.33. The van der Waals surface area contributed by atoms with Gasteiger partial charge in [-0.05, 0) is 22.8 Å². The molecule has 2 aromatic carbocycles. The summed E-state index contributed by atoms with van der Waals surface area (Å²) in [6.45, 7) is 2.19. The van der Waals surface area contributed by atoms with Crippen molar-refractivity contribution < 1.29 is 14.6 Å². The Morgan fingerprint density at radius 2 is 1.77 bits per heavy atom. The van der Waals surface area contributed by atoms with Crippen molar-refractivity contribution in [2.45, 2.75) is 28.9 Å². The number of rotatable bonds is 1. The summed E-state index contributed by atoms with van der Waals surface area (Å²) in [6, 6.07) is 18.0. The molecule has 1 aromatic heterocycles. The van der Waals surface area contributed by atoms with Crippen LogP contribution in [0.25, 0.3) is 0 Å². The van der Waals surface area contributed by atoms with E-state index in [9.17, 15) is 14.7 Å². The number of aromatic nitrogens is 1. The lowest BCUT2D eigenvalue weighted by molar-refractivity contribution is 0.0149. The third-order valence-corrected chi connectivity index (χ3v) is 8.67. The predicted molar refractivity (Wildman–Crippen MR) is 131 cm³/mol. The Hall–Kier alpha value is -3.27. The first kappa shape index (κ1) is 21.0. The second-order valence-electron chi connectivity index (χ2n) is 9.39. The second kappa shape index (κ2) is 7.87. The molecule has 35 heavy (non-hydrogen) atoms. The average molecular weight is 489 g/mol. The van der Waals surface area contributed by atoms with Gasteiger partial charge in [-0.2, -0.15) is 0 Å². The van der Waals surface area contributed by atoms with Crippen LogP contribution in [0.15, 0.2) is 70.5 Å². The van der Waals surface area contributed by atoms with Crippen molar-refractivity contribution in [2.75, 3.05) is 31.4 Å². The summed E-state index contributed by atoms with van der Waals surface area (Å²) in [4.78, 5) is 31.4. The van der Waals surface area contributed by atoms with E-state index < -0.39 is 11.2 Å². The zero-order chi connectivity index (χ0) is 23.7. The third-order valence-electron chi connectivity index (χ3n) is 7.53. The fraction of sp³-hybridized carbons (Fsp3) is 0.308. The molecule has 5 heterocycles. The van der Waals surface area contributed by atoms with Gasteiger partial charge in [-0.1, -0.05) is 42.5 Å². The number of thioether (sulfide) groups is 1. The quantitative estimate of drug-likeness (QED) is 0.563. The van der Waals surface area contributed by atoms with Gasteiger partial charge in [0.25, 0.3) is 5.91 Å². The molecule has 1 amide bonds. The highest BCUT2D eigenvalue weighted by Crippen LogP contribution is 2.44. The SMILES string of the molecule is O=C1c2c(O)c(=O)ccn2N([C@H]2c3ccccc3CSc3ccccc32)[C@@H]2CN3COCC3CN12. The van der Waals surface area contributed by atoms with E-state index in [4.69, 9.17) is 4.74 Å². The molecule has 0 spiro atoms. The van der Waals surface area contributed by atoms with Crippen molar-refractivity contribution in [3.63, 3.8) is 0 Å². The standard InChI is InChI=1S/C26H24N4O4S/c31-20-9-10-29-24(25(20)32)26(33)28-11-17-13-34-15-27(17)12-22(28)30(29)23-18-6-2-1-5-16(18)14-35-21-8-4-3-7-19(21)23/h1-10,17,22-23,32H,11-15H2/t17?,22-,23+/m1/s1. The minimum atomic E-state index is -0.553. The number of hydrogen-bond donors (Lipinski definition) is 1. The molecule has 0 bridgehead atoms. The molecule has 3 atom stereocenters. The molecular formula is C26H24N4O4S. The number of nitrogens with zero attached hydrogens (tertiary/aromatic N) is 4. The van der Waals surface area contributed by atoms with E-state index in [0.29, 0.717) is 26.4 Å². The van der Waals surface area contributed by atoms with Gasteiger partial charge in [-0.3, -0.25) is 24.2 Å². The Morgan fingerprint density at radius 3 is 2.66 bits per heavy atom. The molecule has 9 heteroatoms. The van der Waals surface area contributed by atoms with Crippen LogP contribution in [-0.2, 0) is 10.5 Å². The molecule has 3 aromatic rings. The summed E-state index contributed by atoms with van der Waals surface area (Å²) >= 11 is 1.81. The maximum atomic E-state index is 13.7. The van der Waals surface area contributed by atoms with Crippen LogP contribution in [0.1, 0.15) is 33.2 Å². The van der Waals surface area contributed by atoms with Crippen LogP contribution >= 0.6 is 11.8 Å². The minimum absolute atomic E-state index is 0.0213. The van der Waals surface area contributed by atoms with E-state index in [1.54, 1.807) is 22.6 Å². The van der Waals surface area contributed by atoms with Gasteiger partial charge in [0, 0.05) is 36.0 Å². The molecule has 4 aliphatic rings. The molecule has 8 nitrogen and oxygen atoms in total. The molecule has 0 saturated carbocycles. The number of carbonyl (C=O) groups excluding carboxylic acids is 1. The van der Waals surface area contributed by atoms with Gasteiger partial charge in [0.05, 0.1) is 25.4 Å². The molecule has 178 valence electrons. The van der Waals surface area contributed by atoms with Gasteiger partial charge < -0.3 is 14.7 Å². The topological polar surface area (TPSA) is 78.2 Å². The van der Waals surface area contributed by atoms with Crippen LogP contribution in [0.2, 0.25) is 0 Å². The number of carbonyl (C=O) groups is 1. The Morgan fingerprint density at radius 1 is 0.971 bits per heavy atom. The maximum Gasteiger partial charge on any atom is 0.278 e. The lowest BCUT2D eigenvalue weighted by atomic mass is 9.93. The molecule has 2 saturated heterocycles. The third kappa shape index (κ3) is 3.08. The fourth-order valence-corrected chi connectivity index (χ4v) is 6.95. The molecule has 1 unspecified atom stereocenters.